The van der Waals surface area contributed by atoms with Gasteiger partial charge in [0.05, 0.1) is 0 Å². The number of aliphatic hydroxyl groups is 1. The maximum atomic E-state index is 11.0. The molecule has 1 aromatic carbocycles. The molecule has 0 aromatic heterocycles. The Morgan fingerprint density at radius 3 is 2.39 bits per heavy atom. The molecule has 0 unspecified atom stereocenters. The minimum atomic E-state index is -1.05. The van der Waals surface area contributed by atoms with Crippen molar-refractivity contribution in [1.82, 2.24) is 0 Å². The highest BCUT2D eigenvalue weighted by Crippen LogP contribution is 2.10. The number of hydrogen-bond acceptors (Lipinski definition) is 3. The van der Waals surface area contributed by atoms with Gasteiger partial charge in [-0.05, 0) is 11.5 Å². The first kappa shape index (κ1) is 14.4. The van der Waals surface area contributed by atoms with Gasteiger partial charge in [-0.3, -0.25) is 10.1 Å². The Hall–Kier alpha value is -1.68. The quantitative estimate of drug-likeness (QED) is 0.478. The standard InChI is InChI=1S/C14H19NO3/c1-11(2)8-9-14(16)13(15(17)18)10-12-6-4-3-5-7-12/h3-9,11,13-14,16H,10H2,1-2H3/b9-8+/t13-,14-/m0/s1. The summed E-state index contributed by atoms with van der Waals surface area (Å²) in [6.07, 6.45) is 2.48. The maximum absolute atomic E-state index is 11.0. The molecule has 0 aliphatic rings. The van der Waals surface area contributed by atoms with Gasteiger partial charge in [0.15, 0.2) is 0 Å². The lowest BCUT2D eigenvalue weighted by Gasteiger charge is -2.13. The number of nitro groups is 1. The first-order chi connectivity index (χ1) is 8.50. The monoisotopic (exact) mass is 249 g/mol. The fraction of sp³-hybridized carbons (Fsp3) is 0.429. The van der Waals surface area contributed by atoms with E-state index in [4.69, 9.17) is 0 Å². The smallest absolute Gasteiger partial charge is 0.246 e. The van der Waals surface area contributed by atoms with E-state index in [-0.39, 0.29) is 12.3 Å². The second-order valence-corrected chi connectivity index (χ2v) is 4.66. The van der Waals surface area contributed by atoms with Crippen molar-refractivity contribution in [3.63, 3.8) is 0 Å². The van der Waals surface area contributed by atoms with Crippen LogP contribution in [-0.2, 0) is 6.42 Å². The summed E-state index contributed by atoms with van der Waals surface area (Å²) in [6.45, 7) is 3.92. The van der Waals surface area contributed by atoms with Crippen molar-refractivity contribution in [2.45, 2.75) is 32.4 Å². The number of allylic oxidation sites excluding steroid dienone is 1. The predicted octanol–water partition coefficient (Wildman–Crippen LogP) is 2.45. The number of nitrogens with zero attached hydrogens (tertiary/aromatic N) is 1. The first-order valence-corrected chi connectivity index (χ1v) is 6.04. The van der Waals surface area contributed by atoms with Crippen molar-refractivity contribution < 1.29 is 10.0 Å². The molecule has 1 N–H and O–H groups in total. The van der Waals surface area contributed by atoms with E-state index in [1.54, 1.807) is 6.08 Å². The highest BCUT2D eigenvalue weighted by atomic mass is 16.6. The molecule has 0 aliphatic heterocycles. The van der Waals surface area contributed by atoms with Crippen LogP contribution in [0.2, 0.25) is 0 Å². The molecule has 4 heteroatoms. The zero-order chi connectivity index (χ0) is 13.5. The molecule has 0 saturated carbocycles. The zero-order valence-corrected chi connectivity index (χ0v) is 10.7. The Bertz CT molecular complexity index is 401. The largest absolute Gasteiger partial charge is 0.382 e. The Morgan fingerprint density at radius 1 is 1.28 bits per heavy atom. The molecule has 1 aromatic rings. The fourth-order valence-electron chi connectivity index (χ4n) is 1.64. The molecular weight excluding hydrogens is 230 g/mol. The number of aliphatic hydroxyl groups excluding tert-OH is 1. The van der Waals surface area contributed by atoms with Crippen LogP contribution in [-0.4, -0.2) is 22.2 Å². The van der Waals surface area contributed by atoms with Crippen LogP contribution in [0.1, 0.15) is 19.4 Å². The van der Waals surface area contributed by atoms with Gasteiger partial charge in [0.25, 0.3) is 0 Å². The summed E-state index contributed by atoms with van der Waals surface area (Å²) in [5.41, 5.74) is 0.858. The summed E-state index contributed by atoms with van der Waals surface area (Å²) in [4.78, 5) is 10.6. The van der Waals surface area contributed by atoms with Gasteiger partial charge >= 0.3 is 0 Å². The Labute approximate surface area is 107 Å². The van der Waals surface area contributed by atoms with E-state index in [1.807, 2.05) is 44.2 Å². The molecule has 0 saturated heterocycles. The van der Waals surface area contributed by atoms with Crippen LogP contribution in [0.15, 0.2) is 42.5 Å². The van der Waals surface area contributed by atoms with Crippen LogP contribution in [0.25, 0.3) is 0 Å². The van der Waals surface area contributed by atoms with E-state index in [2.05, 4.69) is 0 Å². The Balaban J connectivity index is 2.74. The molecule has 0 radical (unpaired) electrons. The summed E-state index contributed by atoms with van der Waals surface area (Å²) in [6, 6.07) is 8.19. The molecule has 4 nitrogen and oxygen atoms in total. The van der Waals surface area contributed by atoms with Crippen molar-refractivity contribution in [2.24, 2.45) is 5.92 Å². The van der Waals surface area contributed by atoms with E-state index in [0.29, 0.717) is 0 Å². The minimum Gasteiger partial charge on any atom is -0.382 e. The summed E-state index contributed by atoms with van der Waals surface area (Å²) < 4.78 is 0. The van der Waals surface area contributed by atoms with Gasteiger partial charge in [-0.1, -0.05) is 56.3 Å². The molecule has 0 amide bonds. The van der Waals surface area contributed by atoms with Crippen LogP contribution < -0.4 is 0 Å². The van der Waals surface area contributed by atoms with Gasteiger partial charge < -0.3 is 5.11 Å². The molecule has 98 valence electrons. The summed E-state index contributed by atoms with van der Waals surface area (Å²) in [5, 5.41) is 20.9. The molecule has 1 rings (SSSR count). The SMILES string of the molecule is CC(C)/C=C/[C@H](O)[C@H](Cc1ccccc1)[N+](=O)[O-]. The molecule has 18 heavy (non-hydrogen) atoms. The van der Waals surface area contributed by atoms with Crippen LogP contribution >= 0.6 is 0 Å². The molecular formula is C14H19NO3. The lowest BCUT2D eigenvalue weighted by atomic mass is 10.0. The van der Waals surface area contributed by atoms with E-state index < -0.39 is 17.1 Å². The second kappa shape index (κ2) is 6.91. The third-order valence-corrected chi connectivity index (χ3v) is 2.65. The van der Waals surface area contributed by atoms with Crippen molar-refractivity contribution >= 4 is 0 Å². The van der Waals surface area contributed by atoms with E-state index in [9.17, 15) is 15.2 Å². The summed E-state index contributed by atoms with van der Waals surface area (Å²) in [5.74, 6) is 0.267. The van der Waals surface area contributed by atoms with Gasteiger partial charge in [0.2, 0.25) is 6.04 Å². The summed E-state index contributed by atoms with van der Waals surface area (Å²) >= 11 is 0. The molecule has 2 atom stereocenters. The normalized spacial score (nSPS) is 14.9. The van der Waals surface area contributed by atoms with Gasteiger partial charge in [-0.15, -0.1) is 0 Å². The fourth-order valence-corrected chi connectivity index (χ4v) is 1.64. The van der Waals surface area contributed by atoms with Crippen LogP contribution in [0.5, 0.6) is 0 Å². The van der Waals surface area contributed by atoms with E-state index in [0.717, 1.165) is 5.56 Å². The zero-order valence-electron chi connectivity index (χ0n) is 10.7. The topological polar surface area (TPSA) is 63.4 Å². The first-order valence-electron chi connectivity index (χ1n) is 6.04. The number of rotatable bonds is 6. The average molecular weight is 249 g/mol. The maximum Gasteiger partial charge on any atom is 0.246 e. The third-order valence-electron chi connectivity index (χ3n) is 2.65. The molecule has 0 bridgehead atoms. The van der Waals surface area contributed by atoms with Gasteiger partial charge in [-0.25, -0.2) is 0 Å². The number of benzene rings is 1. The van der Waals surface area contributed by atoms with Crippen LogP contribution in [0, 0.1) is 16.0 Å². The second-order valence-electron chi connectivity index (χ2n) is 4.66. The Morgan fingerprint density at radius 2 is 1.89 bits per heavy atom. The predicted molar refractivity (Wildman–Crippen MR) is 70.9 cm³/mol. The summed E-state index contributed by atoms with van der Waals surface area (Å²) in [7, 11) is 0. The van der Waals surface area contributed by atoms with Gasteiger partial charge in [0, 0.05) is 11.3 Å². The molecule has 0 heterocycles. The number of hydrogen-bond donors (Lipinski definition) is 1. The van der Waals surface area contributed by atoms with Crippen molar-refractivity contribution in [3.8, 4) is 0 Å². The van der Waals surface area contributed by atoms with Gasteiger partial charge in [-0.2, -0.15) is 0 Å². The van der Waals surface area contributed by atoms with Crippen LogP contribution in [0.3, 0.4) is 0 Å². The minimum absolute atomic E-state index is 0.234. The van der Waals surface area contributed by atoms with Gasteiger partial charge in [0.1, 0.15) is 6.10 Å². The highest BCUT2D eigenvalue weighted by molar-refractivity contribution is 5.16. The average Bonchev–Trinajstić information content (AvgIpc) is 2.34. The molecule has 0 spiro atoms. The third kappa shape index (κ3) is 4.67. The highest BCUT2D eigenvalue weighted by Gasteiger charge is 2.28. The van der Waals surface area contributed by atoms with E-state index in [1.165, 1.54) is 6.08 Å². The van der Waals surface area contributed by atoms with E-state index >= 15 is 0 Å². The van der Waals surface area contributed by atoms with Crippen molar-refractivity contribution in [1.29, 1.82) is 0 Å². The van der Waals surface area contributed by atoms with Crippen molar-refractivity contribution in [2.75, 3.05) is 0 Å². The lowest BCUT2D eigenvalue weighted by molar-refractivity contribution is -0.531. The van der Waals surface area contributed by atoms with Crippen molar-refractivity contribution in [3.05, 3.63) is 58.2 Å². The lowest BCUT2D eigenvalue weighted by Crippen LogP contribution is -2.34. The Kier molecular flexibility index (Phi) is 5.52. The molecule has 0 fully saturated rings. The molecule has 0 aliphatic carbocycles. The van der Waals surface area contributed by atoms with Crippen LogP contribution in [0.4, 0.5) is 0 Å².